The highest BCUT2D eigenvalue weighted by Gasteiger charge is 2.32. The second-order valence-corrected chi connectivity index (χ2v) is 6.52. The number of benzene rings is 1. The van der Waals surface area contributed by atoms with Gasteiger partial charge in [0.1, 0.15) is 0 Å². The number of hydrogen-bond acceptors (Lipinski definition) is 2. The van der Waals surface area contributed by atoms with Gasteiger partial charge in [-0.15, -0.1) is 0 Å². The molecule has 0 unspecified atom stereocenters. The fourth-order valence-electron chi connectivity index (χ4n) is 2.43. The van der Waals surface area contributed by atoms with Gasteiger partial charge in [-0.05, 0) is 30.0 Å². The Morgan fingerprint density at radius 3 is 2.81 bits per heavy atom. The van der Waals surface area contributed by atoms with Crippen molar-refractivity contribution in [1.82, 2.24) is 4.90 Å². The van der Waals surface area contributed by atoms with Gasteiger partial charge < -0.3 is 10.0 Å². The minimum absolute atomic E-state index is 0.0253. The topological polar surface area (TPSA) is 40.5 Å². The van der Waals surface area contributed by atoms with Crippen LogP contribution in [0.5, 0.6) is 0 Å². The minimum atomic E-state index is 0.0253. The Labute approximate surface area is 130 Å². The predicted molar refractivity (Wildman–Crippen MR) is 84.3 cm³/mol. The summed E-state index contributed by atoms with van der Waals surface area (Å²) in [7, 11) is 0. The molecule has 21 heavy (non-hydrogen) atoms. The third kappa shape index (κ3) is 4.00. The van der Waals surface area contributed by atoms with E-state index in [1.807, 2.05) is 4.90 Å². The molecule has 0 aliphatic carbocycles. The molecule has 1 aliphatic rings. The Morgan fingerprint density at radius 1 is 1.48 bits per heavy atom. The number of aliphatic hydroxyl groups is 1. The molecule has 1 aromatic rings. The molecular formula is C17H20ClNO2. The van der Waals surface area contributed by atoms with Crippen molar-refractivity contribution in [3.63, 3.8) is 0 Å². The molecule has 1 aliphatic heterocycles. The normalized spacial score (nSPS) is 16.5. The SMILES string of the molecule is CC1(C)CCN(C(=O)c2ccc(C#CCCO)c(Cl)c2)C1. The molecule has 1 aromatic carbocycles. The fraction of sp³-hybridized carbons (Fsp3) is 0.471. The summed E-state index contributed by atoms with van der Waals surface area (Å²) in [5.74, 6) is 5.75. The average molecular weight is 306 g/mol. The minimum Gasteiger partial charge on any atom is -0.395 e. The van der Waals surface area contributed by atoms with Crippen molar-refractivity contribution >= 4 is 17.5 Å². The maximum absolute atomic E-state index is 12.5. The summed E-state index contributed by atoms with van der Waals surface area (Å²) < 4.78 is 0. The largest absolute Gasteiger partial charge is 0.395 e. The molecule has 0 spiro atoms. The summed E-state index contributed by atoms with van der Waals surface area (Å²) in [6, 6.07) is 5.21. The second kappa shape index (κ2) is 6.51. The molecule has 0 saturated carbocycles. The number of carbonyl (C=O) groups is 1. The number of rotatable bonds is 2. The summed E-state index contributed by atoms with van der Waals surface area (Å²) in [6.45, 7) is 5.95. The molecule has 112 valence electrons. The lowest BCUT2D eigenvalue weighted by molar-refractivity contribution is 0.0778. The van der Waals surface area contributed by atoms with Crippen molar-refractivity contribution < 1.29 is 9.90 Å². The van der Waals surface area contributed by atoms with E-state index in [1.54, 1.807) is 18.2 Å². The zero-order valence-electron chi connectivity index (χ0n) is 12.4. The fourth-order valence-corrected chi connectivity index (χ4v) is 2.66. The molecule has 1 N–H and O–H groups in total. The molecule has 1 amide bonds. The van der Waals surface area contributed by atoms with Crippen LogP contribution in [0.4, 0.5) is 0 Å². The van der Waals surface area contributed by atoms with Gasteiger partial charge in [0, 0.05) is 30.6 Å². The van der Waals surface area contributed by atoms with Crippen molar-refractivity contribution in [2.75, 3.05) is 19.7 Å². The van der Waals surface area contributed by atoms with Crippen LogP contribution in [-0.2, 0) is 0 Å². The molecule has 4 heteroatoms. The maximum Gasteiger partial charge on any atom is 0.253 e. The van der Waals surface area contributed by atoms with Crippen LogP contribution in [0.3, 0.4) is 0 Å². The van der Waals surface area contributed by atoms with Crippen LogP contribution < -0.4 is 0 Å². The number of halogens is 1. The zero-order valence-corrected chi connectivity index (χ0v) is 13.2. The van der Waals surface area contributed by atoms with Crippen LogP contribution in [0.1, 0.15) is 42.6 Å². The van der Waals surface area contributed by atoms with Gasteiger partial charge in [0.2, 0.25) is 0 Å². The van der Waals surface area contributed by atoms with Gasteiger partial charge in [0.05, 0.1) is 11.6 Å². The quantitative estimate of drug-likeness (QED) is 0.854. The molecule has 1 saturated heterocycles. The van der Waals surface area contributed by atoms with Gasteiger partial charge in [0.15, 0.2) is 0 Å². The number of carbonyl (C=O) groups excluding carboxylic acids is 1. The summed E-state index contributed by atoms with van der Waals surface area (Å²) in [5.41, 5.74) is 1.48. The van der Waals surface area contributed by atoms with Gasteiger partial charge in [-0.2, -0.15) is 0 Å². The van der Waals surface area contributed by atoms with Gasteiger partial charge in [-0.3, -0.25) is 4.79 Å². The number of nitrogens with zero attached hydrogens (tertiary/aromatic N) is 1. The molecule has 1 fully saturated rings. The first-order chi connectivity index (χ1) is 9.93. The lowest BCUT2D eigenvalue weighted by Gasteiger charge is -2.20. The van der Waals surface area contributed by atoms with Crippen LogP contribution in [0, 0.1) is 17.3 Å². The Kier molecular flexibility index (Phi) is 4.92. The van der Waals surface area contributed by atoms with Crippen LogP contribution in [-0.4, -0.2) is 35.6 Å². The summed E-state index contributed by atoms with van der Waals surface area (Å²) in [4.78, 5) is 14.3. The molecule has 2 rings (SSSR count). The van der Waals surface area contributed by atoms with Gasteiger partial charge >= 0.3 is 0 Å². The first-order valence-corrected chi connectivity index (χ1v) is 7.49. The van der Waals surface area contributed by atoms with E-state index in [1.165, 1.54) is 0 Å². The van der Waals surface area contributed by atoms with E-state index in [2.05, 4.69) is 25.7 Å². The second-order valence-electron chi connectivity index (χ2n) is 6.11. The summed E-state index contributed by atoms with van der Waals surface area (Å²) in [5, 5.41) is 9.18. The highest BCUT2D eigenvalue weighted by Crippen LogP contribution is 2.30. The molecule has 1 heterocycles. The van der Waals surface area contributed by atoms with E-state index >= 15 is 0 Å². The number of amides is 1. The van der Waals surface area contributed by atoms with Crippen molar-refractivity contribution in [1.29, 1.82) is 0 Å². The summed E-state index contributed by atoms with van der Waals surface area (Å²) >= 11 is 6.18. The van der Waals surface area contributed by atoms with E-state index in [4.69, 9.17) is 16.7 Å². The van der Waals surface area contributed by atoms with Crippen molar-refractivity contribution in [3.8, 4) is 11.8 Å². The lowest BCUT2D eigenvalue weighted by atomic mass is 9.93. The zero-order chi connectivity index (χ0) is 15.5. The Hall–Kier alpha value is -1.50. The predicted octanol–water partition coefficient (Wildman–Crippen LogP) is 2.95. The van der Waals surface area contributed by atoms with Crippen molar-refractivity contribution in [2.45, 2.75) is 26.7 Å². The number of likely N-dealkylation sites (tertiary alicyclic amines) is 1. The third-order valence-corrected chi connectivity index (χ3v) is 3.95. The molecule has 3 nitrogen and oxygen atoms in total. The van der Waals surface area contributed by atoms with Crippen LogP contribution in [0.25, 0.3) is 0 Å². The molecule has 0 radical (unpaired) electrons. The Morgan fingerprint density at radius 2 is 2.24 bits per heavy atom. The van der Waals surface area contributed by atoms with Crippen LogP contribution in [0.15, 0.2) is 18.2 Å². The van der Waals surface area contributed by atoms with Gasteiger partial charge in [-0.25, -0.2) is 0 Å². The van der Waals surface area contributed by atoms with Crippen molar-refractivity contribution in [2.24, 2.45) is 5.41 Å². The van der Waals surface area contributed by atoms with Gasteiger partial charge in [0.25, 0.3) is 5.91 Å². The standard InChI is InChI=1S/C17H20ClNO2/c1-17(2)8-9-19(12-17)16(21)14-7-6-13(15(18)11-14)5-3-4-10-20/h6-7,11,20H,4,8-10,12H2,1-2H3. The molecule has 0 bridgehead atoms. The van der Waals surface area contributed by atoms with Crippen LogP contribution >= 0.6 is 11.6 Å². The molecule has 0 aromatic heterocycles. The maximum atomic E-state index is 12.5. The van der Waals surface area contributed by atoms with E-state index in [0.29, 0.717) is 22.6 Å². The first kappa shape index (κ1) is 15.9. The van der Waals surface area contributed by atoms with Crippen molar-refractivity contribution in [3.05, 3.63) is 34.3 Å². The smallest absolute Gasteiger partial charge is 0.253 e. The highest BCUT2D eigenvalue weighted by atomic mass is 35.5. The van der Waals surface area contributed by atoms with E-state index in [-0.39, 0.29) is 17.9 Å². The molecule has 0 atom stereocenters. The molecular weight excluding hydrogens is 286 g/mol. The van der Waals surface area contributed by atoms with E-state index in [9.17, 15) is 4.79 Å². The van der Waals surface area contributed by atoms with E-state index in [0.717, 1.165) is 19.5 Å². The highest BCUT2D eigenvalue weighted by molar-refractivity contribution is 6.32. The van der Waals surface area contributed by atoms with Gasteiger partial charge in [-0.1, -0.05) is 37.3 Å². The first-order valence-electron chi connectivity index (χ1n) is 7.11. The Balaban J connectivity index is 2.13. The lowest BCUT2D eigenvalue weighted by Crippen LogP contribution is -2.30. The van der Waals surface area contributed by atoms with Crippen LogP contribution in [0.2, 0.25) is 5.02 Å². The number of hydrogen-bond donors (Lipinski definition) is 1. The Bertz CT molecular complexity index is 599. The number of aliphatic hydroxyl groups excluding tert-OH is 1. The average Bonchev–Trinajstić information content (AvgIpc) is 2.80. The van der Waals surface area contributed by atoms with E-state index < -0.39 is 0 Å². The monoisotopic (exact) mass is 305 g/mol. The third-order valence-electron chi connectivity index (χ3n) is 3.64. The summed E-state index contributed by atoms with van der Waals surface area (Å²) in [6.07, 6.45) is 1.44.